The van der Waals surface area contributed by atoms with Crippen molar-refractivity contribution in [3.63, 3.8) is 0 Å². The minimum absolute atomic E-state index is 0.0115. The molecule has 1 aromatic heterocycles. The number of methoxy groups -OCH3 is 4. The molecule has 2 bridgehead atoms. The number of hydrogen-bond acceptors (Lipinski definition) is 8. The van der Waals surface area contributed by atoms with Crippen molar-refractivity contribution in [1.29, 1.82) is 0 Å². The largest absolute Gasteiger partial charge is 0.495 e. The van der Waals surface area contributed by atoms with Gasteiger partial charge in [-0.3, -0.25) is 14.4 Å². The lowest BCUT2D eigenvalue weighted by Crippen LogP contribution is -2.47. The molecule has 3 heterocycles. The van der Waals surface area contributed by atoms with Gasteiger partial charge in [0.25, 0.3) is 17.4 Å². The van der Waals surface area contributed by atoms with E-state index in [-0.39, 0.29) is 28.9 Å². The average molecular weight is 659 g/mol. The first-order valence-corrected chi connectivity index (χ1v) is 15.5. The zero-order valence-electron chi connectivity index (χ0n) is 26.5. The fraction of sp³-hybridized carbons (Fsp3) is 0.286. The number of benzene rings is 3. The highest BCUT2D eigenvalue weighted by molar-refractivity contribution is 6.32. The summed E-state index contributed by atoms with van der Waals surface area (Å²) in [5.41, 5.74) is 3.33. The van der Waals surface area contributed by atoms with E-state index in [0.29, 0.717) is 64.6 Å². The molecule has 47 heavy (non-hydrogen) atoms. The topological polar surface area (TPSA) is 120 Å². The van der Waals surface area contributed by atoms with Crippen LogP contribution in [0.3, 0.4) is 0 Å². The van der Waals surface area contributed by atoms with Gasteiger partial charge >= 0.3 is 0 Å². The van der Waals surface area contributed by atoms with Crippen molar-refractivity contribution in [1.82, 2.24) is 4.57 Å². The highest BCUT2D eigenvalue weighted by Gasteiger charge is 2.35. The lowest BCUT2D eigenvalue weighted by molar-refractivity contribution is 0.101. The Bertz CT molecular complexity index is 1880. The lowest BCUT2D eigenvalue weighted by Gasteiger charge is -2.44. The second-order valence-corrected chi connectivity index (χ2v) is 11.9. The Morgan fingerprint density at radius 1 is 0.766 bits per heavy atom. The Kier molecular flexibility index (Phi) is 8.99. The molecular weight excluding hydrogens is 624 g/mol. The summed E-state index contributed by atoms with van der Waals surface area (Å²) < 4.78 is 23.4. The maximum absolute atomic E-state index is 13.8. The number of carbonyl (C=O) groups is 2. The number of anilines is 3. The number of ether oxygens (including phenoxy) is 4. The summed E-state index contributed by atoms with van der Waals surface area (Å²) >= 11 is 6.28. The Labute approximate surface area is 277 Å². The van der Waals surface area contributed by atoms with E-state index >= 15 is 0 Å². The van der Waals surface area contributed by atoms with E-state index in [9.17, 15) is 14.4 Å². The molecule has 0 saturated carbocycles. The van der Waals surface area contributed by atoms with Gasteiger partial charge in [0.1, 0.15) is 5.75 Å². The number of halogens is 1. The second kappa shape index (κ2) is 13.3. The molecule has 2 aliphatic heterocycles. The van der Waals surface area contributed by atoms with E-state index in [1.807, 2.05) is 16.7 Å². The third-order valence-corrected chi connectivity index (χ3v) is 8.96. The van der Waals surface area contributed by atoms with Gasteiger partial charge in [0.15, 0.2) is 11.5 Å². The van der Waals surface area contributed by atoms with E-state index in [4.69, 9.17) is 30.5 Å². The lowest BCUT2D eigenvalue weighted by atomic mass is 9.83. The van der Waals surface area contributed by atoms with E-state index in [1.165, 1.54) is 28.4 Å². The van der Waals surface area contributed by atoms with E-state index in [0.717, 1.165) is 17.8 Å². The molecule has 3 aromatic carbocycles. The normalized spacial score (nSPS) is 16.5. The maximum Gasteiger partial charge on any atom is 0.255 e. The fourth-order valence-corrected chi connectivity index (χ4v) is 6.76. The molecule has 0 aliphatic carbocycles. The number of carbonyl (C=O) groups excluding carboxylic acids is 2. The Morgan fingerprint density at radius 3 is 2.17 bits per heavy atom. The molecule has 1 fully saturated rings. The third kappa shape index (κ3) is 6.31. The smallest absolute Gasteiger partial charge is 0.255 e. The molecular formula is C35H35ClN4O7. The predicted molar refractivity (Wildman–Crippen MR) is 180 cm³/mol. The van der Waals surface area contributed by atoms with Crippen LogP contribution in [0.1, 0.15) is 38.7 Å². The second-order valence-electron chi connectivity index (χ2n) is 11.5. The number of hydrogen-bond donors (Lipinski definition) is 2. The van der Waals surface area contributed by atoms with Crippen LogP contribution in [0.2, 0.25) is 5.02 Å². The van der Waals surface area contributed by atoms with Gasteiger partial charge in [-0.2, -0.15) is 0 Å². The summed E-state index contributed by atoms with van der Waals surface area (Å²) in [5, 5.41) is 6.26. The highest BCUT2D eigenvalue weighted by atomic mass is 35.5. The van der Waals surface area contributed by atoms with E-state index in [2.05, 4.69) is 15.5 Å². The molecule has 2 atom stereocenters. The summed E-state index contributed by atoms with van der Waals surface area (Å²) in [6, 6.07) is 18.8. The maximum atomic E-state index is 13.8. The first kappa shape index (κ1) is 31.8. The van der Waals surface area contributed by atoms with Gasteiger partial charge in [0.05, 0.1) is 44.8 Å². The van der Waals surface area contributed by atoms with Crippen molar-refractivity contribution in [2.45, 2.75) is 18.9 Å². The van der Waals surface area contributed by atoms with Gasteiger partial charge in [-0.25, -0.2) is 0 Å². The summed E-state index contributed by atoms with van der Waals surface area (Å²) in [4.78, 5) is 42.1. The van der Waals surface area contributed by atoms with Gasteiger partial charge < -0.3 is 39.0 Å². The minimum atomic E-state index is -0.431. The van der Waals surface area contributed by atoms with Crippen LogP contribution in [-0.2, 0) is 6.54 Å². The van der Waals surface area contributed by atoms with Gasteiger partial charge in [0, 0.05) is 54.1 Å². The molecule has 1 saturated heterocycles. The van der Waals surface area contributed by atoms with Gasteiger partial charge in [0.2, 0.25) is 5.75 Å². The summed E-state index contributed by atoms with van der Waals surface area (Å²) in [5.74, 6) is 1.08. The fourth-order valence-electron chi connectivity index (χ4n) is 6.50. The SMILES string of the molecule is COc1ccc(NC(=O)c2ccc(N3CC4CC(C3)c3cccc(=O)n3C4)c(NC(=O)c3cc(OC)c(OC)c(OC)c3)c2)cc1Cl. The molecule has 4 aromatic rings. The number of fused-ring (bicyclic) bond motifs is 4. The number of amides is 2. The molecule has 244 valence electrons. The molecule has 0 radical (unpaired) electrons. The van der Waals surface area contributed by atoms with Gasteiger partial charge in [-0.15, -0.1) is 0 Å². The van der Waals surface area contributed by atoms with Gasteiger partial charge in [-0.1, -0.05) is 17.7 Å². The Balaban J connectivity index is 1.35. The first-order chi connectivity index (χ1) is 22.7. The van der Waals surface area contributed by atoms with Crippen LogP contribution in [0.5, 0.6) is 23.0 Å². The Hall–Kier alpha value is -5.16. The van der Waals surface area contributed by atoms with E-state index in [1.54, 1.807) is 54.6 Å². The van der Waals surface area contributed by atoms with Crippen LogP contribution in [0.15, 0.2) is 71.5 Å². The van der Waals surface area contributed by atoms with Crippen LogP contribution in [0.4, 0.5) is 17.1 Å². The molecule has 2 aliphatic rings. The van der Waals surface area contributed by atoms with Crippen molar-refractivity contribution in [3.8, 4) is 23.0 Å². The summed E-state index contributed by atoms with van der Waals surface area (Å²) in [6.45, 7) is 1.95. The van der Waals surface area contributed by atoms with Crippen molar-refractivity contribution >= 4 is 40.5 Å². The molecule has 12 heteroatoms. The van der Waals surface area contributed by atoms with Gasteiger partial charge in [-0.05, 0) is 66.9 Å². The number of nitrogens with zero attached hydrogens (tertiary/aromatic N) is 2. The molecule has 0 spiro atoms. The van der Waals surface area contributed by atoms with Crippen LogP contribution < -0.4 is 40.0 Å². The zero-order valence-corrected chi connectivity index (χ0v) is 27.2. The standard InChI is InChI=1S/C35H35ClN4O7/c1-44-29-11-9-24(16-25(29)36)37-34(42)21-8-10-28(39-17-20-12-23(19-39)27-6-5-7-32(41)40(27)18-20)26(13-21)38-35(43)22-14-30(45-2)33(47-4)31(15-22)46-3/h5-11,13-16,20,23H,12,17-19H2,1-4H3,(H,37,42)(H,38,43). The summed E-state index contributed by atoms with van der Waals surface area (Å²) in [6.07, 6.45) is 0.970. The third-order valence-electron chi connectivity index (χ3n) is 8.66. The van der Waals surface area contributed by atoms with Crippen molar-refractivity contribution in [3.05, 3.63) is 98.9 Å². The predicted octanol–water partition coefficient (Wildman–Crippen LogP) is 5.66. The number of nitrogens with one attached hydrogen (secondary N) is 2. The number of pyridine rings is 1. The molecule has 6 rings (SSSR count). The van der Waals surface area contributed by atoms with Crippen molar-refractivity contribution in [2.24, 2.45) is 5.92 Å². The van der Waals surface area contributed by atoms with E-state index < -0.39 is 5.91 Å². The zero-order chi connectivity index (χ0) is 33.2. The van der Waals surface area contributed by atoms with Crippen LogP contribution in [0.25, 0.3) is 0 Å². The van der Waals surface area contributed by atoms with Crippen LogP contribution in [0, 0.1) is 5.92 Å². The first-order valence-electron chi connectivity index (χ1n) is 15.1. The van der Waals surface area contributed by atoms with Crippen LogP contribution in [-0.4, -0.2) is 57.9 Å². The minimum Gasteiger partial charge on any atom is -0.495 e. The quantitative estimate of drug-likeness (QED) is 0.236. The number of aromatic nitrogens is 1. The highest BCUT2D eigenvalue weighted by Crippen LogP contribution is 2.41. The monoisotopic (exact) mass is 658 g/mol. The molecule has 2 N–H and O–H groups in total. The van der Waals surface area contributed by atoms with Crippen molar-refractivity contribution < 1.29 is 28.5 Å². The number of piperidine rings is 1. The number of rotatable bonds is 9. The summed E-state index contributed by atoms with van der Waals surface area (Å²) in [7, 11) is 5.97. The van der Waals surface area contributed by atoms with Crippen molar-refractivity contribution in [2.75, 3.05) is 57.1 Å². The molecule has 2 unspecified atom stereocenters. The molecule has 11 nitrogen and oxygen atoms in total. The average Bonchev–Trinajstić information content (AvgIpc) is 3.08. The Morgan fingerprint density at radius 2 is 1.49 bits per heavy atom. The molecule has 2 amide bonds. The van der Waals surface area contributed by atoms with Crippen LogP contribution >= 0.6 is 11.6 Å².